The second-order valence-corrected chi connectivity index (χ2v) is 3.83. The van der Waals surface area contributed by atoms with E-state index in [2.05, 4.69) is 4.99 Å². The van der Waals surface area contributed by atoms with Crippen molar-refractivity contribution in [3.05, 3.63) is 45.5 Å². The molecule has 1 N–H and O–H groups in total. The van der Waals surface area contributed by atoms with Gasteiger partial charge in [0.2, 0.25) is 6.54 Å². The number of aliphatic hydroxyl groups excluding tert-OH is 1. The predicted octanol–water partition coefficient (Wildman–Crippen LogP) is 0.668. The standard InChI is InChI=1S/C11H12N2O3/c14-11(7-13(15)16)10-5-8-3-1-2-4-9(8)6-12-10/h1-4,6,10-11,14H,5,7H2/t10-,11-/m0/s1. The lowest BCUT2D eigenvalue weighted by molar-refractivity contribution is -0.490. The molecule has 1 aromatic carbocycles. The third-order valence-corrected chi connectivity index (χ3v) is 2.67. The van der Waals surface area contributed by atoms with Crippen LogP contribution in [0.15, 0.2) is 29.3 Å². The van der Waals surface area contributed by atoms with Gasteiger partial charge in [-0.25, -0.2) is 0 Å². The second-order valence-electron chi connectivity index (χ2n) is 3.83. The first-order valence-corrected chi connectivity index (χ1v) is 5.08. The quantitative estimate of drug-likeness (QED) is 0.600. The number of aliphatic imine (C=N–C) groups is 1. The molecule has 1 heterocycles. The highest BCUT2D eigenvalue weighted by atomic mass is 16.6. The summed E-state index contributed by atoms with van der Waals surface area (Å²) < 4.78 is 0. The molecule has 16 heavy (non-hydrogen) atoms. The summed E-state index contributed by atoms with van der Waals surface area (Å²) in [5.74, 6) is 0. The van der Waals surface area contributed by atoms with Gasteiger partial charge < -0.3 is 5.11 Å². The minimum Gasteiger partial charge on any atom is -0.384 e. The summed E-state index contributed by atoms with van der Waals surface area (Å²) in [6, 6.07) is 7.31. The lowest BCUT2D eigenvalue weighted by atomic mass is 9.95. The van der Waals surface area contributed by atoms with Gasteiger partial charge in [-0.1, -0.05) is 24.3 Å². The highest BCUT2D eigenvalue weighted by Gasteiger charge is 2.25. The first kappa shape index (κ1) is 10.8. The number of aliphatic hydroxyl groups is 1. The largest absolute Gasteiger partial charge is 0.384 e. The molecule has 0 saturated carbocycles. The van der Waals surface area contributed by atoms with Gasteiger partial charge in [0.25, 0.3) is 0 Å². The zero-order valence-corrected chi connectivity index (χ0v) is 8.61. The van der Waals surface area contributed by atoms with Gasteiger partial charge >= 0.3 is 0 Å². The summed E-state index contributed by atoms with van der Waals surface area (Å²) in [4.78, 5) is 13.9. The zero-order chi connectivity index (χ0) is 11.5. The van der Waals surface area contributed by atoms with Crippen molar-refractivity contribution in [2.75, 3.05) is 6.54 Å². The van der Waals surface area contributed by atoms with Crippen LogP contribution < -0.4 is 0 Å². The van der Waals surface area contributed by atoms with Crippen molar-refractivity contribution in [3.8, 4) is 0 Å². The van der Waals surface area contributed by atoms with E-state index in [0.717, 1.165) is 11.1 Å². The van der Waals surface area contributed by atoms with Crippen LogP contribution in [-0.4, -0.2) is 34.9 Å². The molecule has 0 spiro atoms. The highest BCUT2D eigenvalue weighted by molar-refractivity contribution is 5.83. The summed E-state index contributed by atoms with van der Waals surface area (Å²) in [5.41, 5.74) is 2.09. The van der Waals surface area contributed by atoms with E-state index in [9.17, 15) is 15.2 Å². The van der Waals surface area contributed by atoms with E-state index < -0.39 is 23.6 Å². The number of nitro groups is 1. The minimum absolute atomic E-state index is 0.403. The van der Waals surface area contributed by atoms with Crippen LogP contribution in [0.5, 0.6) is 0 Å². The Morgan fingerprint density at radius 1 is 1.56 bits per heavy atom. The Bertz CT molecular complexity index is 431. The van der Waals surface area contributed by atoms with Crippen molar-refractivity contribution >= 4 is 6.21 Å². The Morgan fingerprint density at radius 3 is 3.06 bits per heavy atom. The van der Waals surface area contributed by atoms with Gasteiger partial charge in [-0.3, -0.25) is 15.1 Å². The normalized spacial score (nSPS) is 20.2. The van der Waals surface area contributed by atoms with Gasteiger partial charge in [0.15, 0.2) is 0 Å². The maximum Gasteiger partial charge on any atom is 0.231 e. The fraction of sp³-hybridized carbons (Fsp3) is 0.364. The van der Waals surface area contributed by atoms with Crippen LogP contribution in [0.4, 0.5) is 0 Å². The Labute approximate surface area is 92.6 Å². The summed E-state index contributed by atoms with van der Waals surface area (Å²) in [5, 5.41) is 19.9. The molecule has 5 heteroatoms. The van der Waals surface area contributed by atoms with Gasteiger partial charge in [-0.15, -0.1) is 0 Å². The summed E-state index contributed by atoms with van der Waals surface area (Å²) >= 11 is 0. The summed E-state index contributed by atoms with van der Waals surface area (Å²) in [6.07, 6.45) is 1.22. The van der Waals surface area contributed by atoms with E-state index in [0.29, 0.717) is 6.42 Å². The summed E-state index contributed by atoms with van der Waals surface area (Å²) in [7, 11) is 0. The van der Waals surface area contributed by atoms with Gasteiger partial charge in [-0.05, 0) is 17.5 Å². The molecule has 84 valence electrons. The predicted molar refractivity (Wildman–Crippen MR) is 59.4 cm³/mol. The molecule has 1 aliphatic heterocycles. The maximum absolute atomic E-state index is 10.3. The van der Waals surface area contributed by atoms with Gasteiger partial charge in [0.05, 0.1) is 6.04 Å². The lowest BCUT2D eigenvalue weighted by Gasteiger charge is -2.21. The summed E-state index contributed by atoms with van der Waals surface area (Å²) in [6.45, 7) is -0.454. The van der Waals surface area contributed by atoms with E-state index in [-0.39, 0.29) is 0 Å². The topological polar surface area (TPSA) is 75.7 Å². The van der Waals surface area contributed by atoms with Crippen molar-refractivity contribution < 1.29 is 10.0 Å². The molecule has 0 radical (unpaired) electrons. The van der Waals surface area contributed by atoms with Crippen LogP contribution in [0.2, 0.25) is 0 Å². The number of hydrogen-bond donors (Lipinski definition) is 1. The molecule has 5 nitrogen and oxygen atoms in total. The second kappa shape index (κ2) is 4.40. The van der Waals surface area contributed by atoms with Gasteiger partial charge in [-0.2, -0.15) is 0 Å². The van der Waals surface area contributed by atoms with Crippen molar-refractivity contribution in [2.24, 2.45) is 4.99 Å². The lowest BCUT2D eigenvalue weighted by Crippen LogP contribution is -2.34. The van der Waals surface area contributed by atoms with Crippen molar-refractivity contribution in [1.29, 1.82) is 0 Å². The van der Waals surface area contributed by atoms with Crippen LogP contribution in [-0.2, 0) is 6.42 Å². The molecule has 1 aromatic rings. The smallest absolute Gasteiger partial charge is 0.231 e. The van der Waals surface area contributed by atoms with Crippen molar-refractivity contribution in [2.45, 2.75) is 18.6 Å². The first-order chi connectivity index (χ1) is 7.66. The SMILES string of the molecule is O=[N+]([O-])C[C@H](O)[C@@H]1Cc2ccccc2C=N1. The highest BCUT2D eigenvalue weighted by Crippen LogP contribution is 2.17. The zero-order valence-electron chi connectivity index (χ0n) is 8.61. The third kappa shape index (κ3) is 2.25. The Balaban J connectivity index is 2.11. The average molecular weight is 220 g/mol. The van der Waals surface area contributed by atoms with E-state index in [1.54, 1.807) is 6.21 Å². The molecule has 0 unspecified atom stereocenters. The Hall–Kier alpha value is -1.75. The van der Waals surface area contributed by atoms with Crippen LogP contribution >= 0.6 is 0 Å². The van der Waals surface area contributed by atoms with E-state index in [4.69, 9.17) is 0 Å². The Kier molecular flexibility index (Phi) is 2.96. The first-order valence-electron chi connectivity index (χ1n) is 5.08. The number of rotatable bonds is 3. The number of hydrogen-bond acceptors (Lipinski definition) is 4. The number of benzene rings is 1. The van der Waals surface area contributed by atoms with Gasteiger partial charge in [0, 0.05) is 11.1 Å². The van der Waals surface area contributed by atoms with Crippen LogP contribution in [0.25, 0.3) is 0 Å². The molecule has 1 aliphatic rings. The Morgan fingerprint density at radius 2 is 2.31 bits per heavy atom. The van der Waals surface area contributed by atoms with Crippen LogP contribution in [0.3, 0.4) is 0 Å². The fourth-order valence-corrected chi connectivity index (χ4v) is 1.81. The van der Waals surface area contributed by atoms with E-state index in [1.165, 1.54) is 0 Å². The average Bonchev–Trinajstić information content (AvgIpc) is 2.27. The molecule has 2 atom stereocenters. The monoisotopic (exact) mass is 220 g/mol. The molecular formula is C11H12N2O3. The molecule has 2 rings (SSSR count). The van der Waals surface area contributed by atoms with E-state index >= 15 is 0 Å². The van der Waals surface area contributed by atoms with Crippen molar-refractivity contribution in [3.63, 3.8) is 0 Å². The molecular weight excluding hydrogens is 208 g/mol. The number of fused-ring (bicyclic) bond motifs is 1. The molecule has 0 fully saturated rings. The van der Waals surface area contributed by atoms with Crippen molar-refractivity contribution in [1.82, 2.24) is 0 Å². The molecule has 0 bridgehead atoms. The van der Waals surface area contributed by atoms with Crippen LogP contribution in [0.1, 0.15) is 11.1 Å². The molecule has 0 aliphatic carbocycles. The molecule has 0 aromatic heterocycles. The number of nitrogens with zero attached hydrogens (tertiary/aromatic N) is 2. The molecule has 0 amide bonds. The molecule has 0 saturated heterocycles. The van der Waals surface area contributed by atoms with Gasteiger partial charge in [0.1, 0.15) is 6.10 Å². The maximum atomic E-state index is 10.3. The van der Waals surface area contributed by atoms with Crippen LogP contribution in [0, 0.1) is 10.1 Å². The fourth-order valence-electron chi connectivity index (χ4n) is 1.81. The van der Waals surface area contributed by atoms with E-state index in [1.807, 2.05) is 24.3 Å². The third-order valence-electron chi connectivity index (χ3n) is 2.67. The minimum atomic E-state index is -1.01.